The van der Waals surface area contributed by atoms with E-state index in [2.05, 4.69) is 4.98 Å². The number of rotatable bonds is 7. The molecule has 0 fully saturated rings. The number of amides is 1. The van der Waals surface area contributed by atoms with Gasteiger partial charge in [-0.2, -0.15) is 0 Å². The van der Waals surface area contributed by atoms with Gasteiger partial charge >= 0.3 is 0 Å². The van der Waals surface area contributed by atoms with Gasteiger partial charge in [0.15, 0.2) is 11.5 Å². The van der Waals surface area contributed by atoms with Crippen molar-refractivity contribution < 1.29 is 14.3 Å². The number of carbonyl (C=O) groups is 1. The first kappa shape index (κ1) is 19.9. The minimum atomic E-state index is -0.0769. The molecule has 1 aromatic heterocycles. The van der Waals surface area contributed by atoms with E-state index in [1.165, 1.54) is 16.9 Å². The molecule has 5 nitrogen and oxygen atoms in total. The van der Waals surface area contributed by atoms with E-state index in [1.54, 1.807) is 19.1 Å². The summed E-state index contributed by atoms with van der Waals surface area (Å²) in [5.74, 6) is 1.24. The van der Waals surface area contributed by atoms with E-state index in [0.29, 0.717) is 30.3 Å². The Morgan fingerprint density at radius 1 is 1.07 bits per heavy atom. The monoisotopic (exact) mass is 396 g/mol. The summed E-state index contributed by atoms with van der Waals surface area (Å²) in [6.07, 6.45) is 0. The molecule has 0 N–H and O–H groups in total. The summed E-state index contributed by atoms with van der Waals surface area (Å²) in [4.78, 5) is 19.3. The van der Waals surface area contributed by atoms with Gasteiger partial charge in [0.2, 0.25) is 0 Å². The normalized spacial score (nSPS) is 10.6. The van der Waals surface area contributed by atoms with E-state index >= 15 is 0 Å². The van der Waals surface area contributed by atoms with Crippen molar-refractivity contribution in [1.29, 1.82) is 0 Å². The molecule has 0 saturated heterocycles. The quantitative estimate of drug-likeness (QED) is 0.576. The third-order valence-electron chi connectivity index (χ3n) is 4.51. The van der Waals surface area contributed by atoms with Gasteiger partial charge in [0, 0.05) is 24.0 Å². The van der Waals surface area contributed by atoms with Gasteiger partial charge in [-0.3, -0.25) is 4.79 Å². The lowest BCUT2D eigenvalue weighted by Gasteiger charge is -2.20. The second-order valence-electron chi connectivity index (χ2n) is 6.41. The van der Waals surface area contributed by atoms with E-state index in [1.807, 2.05) is 61.7 Å². The third-order valence-corrected chi connectivity index (χ3v) is 5.40. The van der Waals surface area contributed by atoms with Gasteiger partial charge in [-0.05, 0) is 31.5 Å². The fraction of sp³-hybridized carbons (Fsp3) is 0.273. The summed E-state index contributed by atoms with van der Waals surface area (Å²) in [7, 11) is 3.21. The number of aromatic nitrogens is 1. The molecule has 6 heteroatoms. The zero-order valence-corrected chi connectivity index (χ0v) is 17.4. The van der Waals surface area contributed by atoms with Gasteiger partial charge in [0.25, 0.3) is 5.91 Å². The Bertz CT molecular complexity index is 951. The van der Waals surface area contributed by atoms with Crippen LogP contribution in [0.4, 0.5) is 0 Å². The molecule has 0 saturated carbocycles. The fourth-order valence-electron chi connectivity index (χ4n) is 2.89. The van der Waals surface area contributed by atoms with Gasteiger partial charge in [0.1, 0.15) is 10.7 Å². The molecule has 0 unspecified atom stereocenters. The van der Waals surface area contributed by atoms with Crippen molar-refractivity contribution in [2.24, 2.45) is 0 Å². The second-order valence-corrected chi connectivity index (χ2v) is 7.27. The molecule has 3 rings (SSSR count). The highest BCUT2D eigenvalue weighted by Crippen LogP contribution is 2.29. The van der Waals surface area contributed by atoms with Crippen molar-refractivity contribution in [3.05, 3.63) is 64.7 Å². The molecule has 0 aliphatic heterocycles. The predicted octanol–water partition coefficient (Wildman–Crippen LogP) is 4.80. The summed E-state index contributed by atoms with van der Waals surface area (Å²) in [5.41, 5.74) is 3.67. The number of hydrogen-bond donors (Lipinski definition) is 0. The number of aryl methyl sites for hydroxylation is 1. The Balaban J connectivity index is 1.78. The molecule has 0 spiro atoms. The number of thiazole rings is 1. The summed E-state index contributed by atoms with van der Waals surface area (Å²) >= 11 is 1.49. The minimum absolute atomic E-state index is 0.0769. The number of benzene rings is 2. The van der Waals surface area contributed by atoms with Gasteiger partial charge in [-0.25, -0.2) is 4.98 Å². The van der Waals surface area contributed by atoms with E-state index in [9.17, 15) is 4.79 Å². The molecular weight excluding hydrogens is 372 g/mol. The van der Waals surface area contributed by atoms with Crippen molar-refractivity contribution in [2.45, 2.75) is 20.4 Å². The zero-order valence-electron chi connectivity index (χ0n) is 16.6. The van der Waals surface area contributed by atoms with Crippen LogP contribution in [0.1, 0.15) is 28.5 Å². The first-order valence-electron chi connectivity index (χ1n) is 9.08. The largest absolute Gasteiger partial charge is 0.493 e. The van der Waals surface area contributed by atoms with Crippen LogP contribution in [0.25, 0.3) is 10.6 Å². The average molecular weight is 397 g/mol. The van der Waals surface area contributed by atoms with Gasteiger partial charge in [-0.1, -0.05) is 35.9 Å². The lowest BCUT2D eigenvalue weighted by atomic mass is 10.1. The predicted molar refractivity (Wildman–Crippen MR) is 112 cm³/mol. The summed E-state index contributed by atoms with van der Waals surface area (Å²) in [6.45, 7) is 5.08. The van der Waals surface area contributed by atoms with E-state index < -0.39 is 0 Å². The highest BCUT2D eigenvalue weighted by Gasteiger charge is 2.19. The van der Waals surface area contributed by atoms with Crippen LogP contribution >= 0.6 is 11.3 Å². The molecule has 0 aliphatic carbocycles. The number of hydrogen-bond acceptors (Lipinski definition) is 5. The van der Waals surface area contributed by atoms with Gasteiger partial charge in [-0.15, -0.1) is 11.3 Å². The molecule has 2 aromatic carbocycles. The first-order chi connectivity index (χ1) is 13.5. The standard InChI is InChI=1S/C22H24N2O3S/c1-5-24(13-16-8-11-19(26-3)20(12-16)27-4)22(25)18-14-28-21(23-18)17-9-6-15(2)7-10-17/h6-12,14H,5,13H2,1-4H3. The number of nitrogens with zero attached hydrogens (tertiary/aromatic N) is 2. The van der Waals surface area contributed by atoms with Crippen molar-refractivity contribution in [3.63, 3.8) is 0 Å². The Labute approximate surface area is 169 Å². The summed E-state index contributed by atoms with van der Waals surface area (Å²) < 4.78 is 10.6. The Kier molecular flexibility index (Phi) is 6.31. The highest BCUT2D eigenvalue weighted by molar-refractivity contribution is 7.13. The zero-order chi connectivity index (χ0) is 20.1. The van der Waals surface area contributed by atoms with E-state index in [0.717, 1.165) is 16.1 Å². The number of methoxy groups -OCH3 is 2. The van der Waals surface area contributed by atoms with Crippen molar-refractivity contribution >= 4 is 17.2 Å². The maximum Gasteiger partial charge on any atom is 0.273 e. The van der Waals surface area contributed by atoms with Crippen LogP contribution in [0.15, 0.2) is 47.8 Å². The highest BCUT2D eigenvalue weighted by atomic mass is 32.1. The molecule has 28 heavy (non-hydrogen) atoms. The van der Waals surface area contributed by atoms with Crippen LogP contribution in [0.3, 0.4) is 0 Å². The third kappa shape index (κ3) is 4.34. The number of ether oxygens (including phenoxy) is 2. The van der Waals surface area contributed by atoms with Gasteiger partial charge < -0.3 is 14.4 Å². The molecule has 0 bridgehead atoms. The van der Waals surface area contributed by atoms with Crippen molar-refractivity contribution in [1.82, 2.24) is 9.88 Å². The smallest absolute Gasteiger partial charge is 0.273 e. The molecule has 3 aromatic rings. The van der Waals surface area contributed by atoms with Crippen LogP contribution in [-0.4, -0.2) is 36.6 Å². The second kappa shape index (κ2) is 8.89. The van der Waals surface area contributed by atoms with Crippen molar-refractivity contribution in [2.75, 3.05) is 20.8 Å². The lowest BCUT2D eigenvalue weighted by Crippen LogP contribution is -2.30. The molecular formula is C22H24N2O3S. The van der Waals surface area contributed by atoms with Crippen LogP contribution in [-0.2, 0) is 6.54 Å². The maximum absolute atomic E-state index is 13.0. The fourth-order valence-corrected chi connectivity index (χ4v) is 3.69. The van der Waals surface area contributed by atoms with E-state index in [4.69, 9.17) is 9.47 Å². The summed E-state index contributed by atoms with van der Waals surface area (Å²) in [6, 6.07) is 13.9. The van der Waals surface area contributed by atoms with Gasteiger partial charge in [0.05, 0.1) is 14.2 Å². The summed E-state index contributed by atoms with van der Waals surface area (Å²) in [5, 5.41) is 2.68. The maximum atomic E-state index is 13.0. The molecule has 146 valence electrons. The Morgan fingerprint density at radius 3 is 2.43 bits per heavy atom. The topological polar surface area (TPSA) is 51.7 Å². The lowest BCUT2D eigenvalue weighted by molar-refractivity contribution is 0.0747. The van der Waals surface area contributed by atoms with Crippen LogP contribution in [0, 0.1) is 6.92 Å². The molecule has 0 atom stereocenters. The Hall–Kier alpha value is -2.86. The Morgan fingerprint density at radius 2 is 1.79 bits per heavy atom. The molecule has 0 radical (unpaired) electrons. The number of carbonyl (C=O) groups excluding carboxylic acids is 1. The molecule has 1 amide bonds. The molecule has 0 aliphatic rings. The van der Waals surface area contributed by atoms with E-state index in [-0.39, 0.29) is 5.91 Å². The minimum Gasteiger partial charge on any atom is -0.493 e. The van der Waals surface area contributed by atoms with Crippen LogP contribution in [0.5, 0.6) is 11.5 Å². The van der Waals surface area contributed by atoms with Crippen LogP contribution < -0.4 is 9.47 Å². The average Bonchev–Trinajstić information content (AvgIpc) is 3.22. The SMILES string of the molecule is CCN(Cc1ccc(OC)c(OC)c1)C(=O)c1csc(-c2ccc(C)cc2)n1. The first-order valence-corrected chi connectivity index (χ1v) is 9.96. The van der Waals surface area contributed by atoms with Crippen molar-refractivity contribution in [3.8, 4) is 22.1 Å². The molecule has 1 heterocycles. The van der Waals surface area contributed by atoms with Crippen LogP contribution in [0.2, 0.25) is 0 Å².